The van der Waals surface area contributed by atoms with Gasteiger partial charge in [-0.1, -0.05) is 91.9 Å². The van der Waals surface area contributed by atoms with Gasteiger partial charge in [-0.05, 0) is 44.9 Å². The van der Waals surface area contributed by atoms with E-state index in [0.29, 0.717) is 0 Å². The van der Waals surface area contributed by atoms with Gasteiger partial charge in [0.05, 0.1) is 24.6 Å². The molecule has 0 aliphatic carbocycles. The van der Waals surface area contributed by atoms with E-state index in [9.17, 15) is 0 Å². The van der Waals surface area contributed by atoms with Gasteiger partial charge in [-0.3, -0.25) is 0 Å². The van der Waals surface area contributed by atoms with Crippen molar-refractivity contribution in [1.29, 1.82) is 0 Å². The summed E-state index contributed by atoms with van der Waals surface area (Å²) in [5.41, 5.74) is 0. The summed E-state index contributed by atoms with van der Waals surface area (Å²) in [5, 5.41) is 0. The van der Waals surface area contributed by atoms with Crippen LogP contribution in [0.5, 0.6) is 0 Å². The Bertz CT molecular complexity index is 231. The van der Waals surface area contributed by atoms with Gasteiger partial charge >= 0.3 is 0 Å². The van der Waals surface area contributed by atoms with Crippen LogP contribution in [0.15, 0.2) is 0 Å². The van der Waals surface area contributed by atoms with Crippen LogP contribution in [0.3, 0.4) is 0 Å². The molecule has 0 heterocycles. The summed E-state index contributed by atoms with van der Waals surface area (Å²) >= 11 is 0. The van der Waals surface area contributed by atoms with E-state index in [-0.39, 0.29) is 17.0 Å². The summed E-state index contributed by atoms with van der Waals surface area (Å²) in [6.07, 6.45) is 31.5. The Morgan fingerprint density at radius 1 is 0.333 bits per heavy atom. The van der Waals surface area contributed by atoms with Crippen molar-refractivity contribution in [1.82, 2.24) is 0 Å². The molecule has 0 aromatic carbocycles. The smallest absolute Gasteiger partial charge is 0.0594 e. The first kappa shape index (κ1) is 30.1. The molecule has 27 heavy (non-hydrogen) atoms. The minimum absolute atomic E-state index is 0. The van der Waals surface area contributed by atoms with Gasteiger partial charge < -0.3 is 17.0 Å². The second kappa shape index (κ2) is 23.2. The van der Waals surface area contributed by atoms with Crippen LogP contribution < -0.4 is 17.0 Å². The van der Waals surface area contributed by atoms with Crippen LogP contribution in [0, 0.1) is 0 Å². The summed E-state index contributed by atoms with van der Waals surface area (Å²) in [7, 11) is -0.659. The van der Waals surface area contributed by atoms with E-state index in [4.69, 9.17) is 0 Å². The Morgan fingerprint density at radius 3 is 0.889 bits per heavy atom. The topological polar surface area (TPSA) is 0 Å². The summed E-state index contributed by atoms with van der Waals surface area (Å²) in [5.74, 6) is 0. The normalized spacial score (nSPS) is 11.6. The zero-order valence-corrected chi connectivity index (χ0v) is 22.2. The fourth-order valence-electron chi connectivity index (χ4n) is 4.32. The van der Waals surface area contributed by atoms with Gasteiger partial charge in [-0.25, -0.2) is 0 Å². The van der Waals surface area contributed by atoms with E-state index < -0.39 is 7.26 Å². The lowest BCUT2D eigenvalue weighted by atomic mass is 10.2. The van der Waals surface area contributed by atoms with Gasteiger partial charge in [0, 0.05) is 7.26 Å². The van der Waals surface area contributed by atoms with Crippen LogP contribution in [0.1, 0.15) is 137 Å². The first-order valence-corrected chi connectivity index (χ1v) is 15.1. The predicted octanol–water partition coefficient (Wildman–Crippen LogP) is 6.72. The van der Waals surface area contributed by atoms with Crippen molar-refractivity contribution in [2.75, 3.05) is 24.6 Å². The van der Waals surface area contributed by atoms with Gasteiger partial charge in [0.2, 0.25) is 0 Å². The van der Waals surface area contributed by atoms with Crippen molar-refractivity contribution in [3.63, 3.8) is 0 Å². The molecule has 0 saturated carbocycles. The largest absolute Gasteiger partial charge is 1.00 e. The molecular weight excluding hydrogens is 411 g/mol. The Morgan fingerprint density at radius 2 is 0.593 bits per heavy atom. The van der Waals surface area contributed by atoms with Crippen LogP contribution in [-0.2, 0) is 0 Å². The lowest BCUT2D eigenvalue weighted by Crippen LogP contribution is -3.00. The molecule has 0 aliphatic rings. The third-order valence-electron chi connectivity index (χ3n) is 6.19. The number of hydrogen-bond acceptors (Lipinski definition) is 0. The summed E-state index contributed by atoms with van der Waals surface area (Å²) < 4.78 is 0. The molecule has 2 heteroatoms. The maximum atomic E-state index is 2.40. The van der Waals surface area contributed by atoms with Crippen LogP contribution in [0.25, 0.3) is 0 Å². The van der Waals surface area contributed by atoms with E-state index in [1.54, 1.807) is 43.9 Å². The summed E-state index contributed by atoms with van der Waals surface area (Å²) in [4.78, 5) is 0. The minimum atomic E-state index is -0.659. The highest BCUT2D eigenvalue weighted by atomic mass is 79.9. The Balaban J connectivity index is 0. The first-order chi connectivity index (χ1) is 12.7. The quantitative estimate of drug-likeness (QED) is 0.130. The highest BCUT2D eigenvalue weighted by Crippen LogP contribution is 2.61. The molecule has 0 fully saturated rings. The maximum absolute atomic E-state index is 2.40. The average molecular weight is 466 g/mol. The number of halogens is 1. The molecule has 0 spiro atoms. The molecule has 0 saturated heterocycles. The second-order valence-electron chi connectivity index (χ2n) is 8.83. The average Bonchev–Trinajstić information content (AvgIpc) is 2.65. The van der Waals surface area contributed by atoms with Gasteiger partial charge in [-0.2, -0.15) is 0 Å². The zero-order chi connectivity index (χ0) is 19.3. The number of unbranched alkanes of at least 4 members (excludes halogenated alkanes) is 13. The predicted molar refractivity (Wildman–Crippen MR) is 128 cm³/mol. The van der Waals surface area contributed by atoms with Crippen molar-refractivity contribution in [3.05, 3.63) is 0 Å². The van der Waals surface area contributed by atoms with E-state index in [2.05, 4.69) is 27.7 Å². The molecule has 166 valence electrons. The van der Waals surface area contributed by atoms with Crippen LogP contribution >= 0.6 is 7.26 Å². The van der Waals surface area contributed by atoms with E-state index in [1.807, 2.05) is 0 Å². The second-order valence-corrected chi connectivity index (χ2v) is 13.3. The molecule has 0 nitrogen and oxygen atoms in total. The van der Waals surface area contributed by atoms with Crippen molar-refractivity contribution >= 4 is 7.26 Å². The molecule has 0 aliphatic heterocycles. The van der Waals surface area contributed by atoms with E-state index in [0.717, 1.165) is 0 Å². The van der Waals surface area contributed by atoms with Crippen LogP contribution in [-0.4, -0.2) is 24.6 Å². The number of hydrogen-bond donors (Lipinski definition) is 0. The molecule has 0 amide bonds. The molecule has 0 atom stereocenters. The van der Waals surface area contributed by atoms with Crippen LogP contribution in [0.4, 0.5) is 0 Å². The van der Waals surface area contributed by atoms with Crippen molar-refractivity contribution in [2.24, 2.45) is 0 Å². The van der Waals surface area contributed by atoms with Crippen molar-refractivity contribution < 1.29 is 17.0 Å². The molecule has 0 bridgehead atoms. The highest BCUT2D eigenvalue weighted by molar-refractivity contribution is 7.75. The minimum Gasteiger partial charge on any atom is -1.00 e. The first-order valence-electron chi connectivity index (χ1n) is 12.6. The molecule has 0 aromatic rings. The zero-order valence-electron chi connectivity index (χ0n) is 19.7. The third kappa shape index (κ3) is 18.7. The Kier molecular flexibility index (Phi) is 25.9. The van der Waals surface area contributed by atoms with Crippen molar-refractivity contribution in [2.45, 2.75) is 137 Å². The molecule has 0 N–H and O–H groups in total. The van der Waals surface area contributed by atoms with Gasteiger partial charge in [0.15, 0.2) is 0 Å². The van der Waals surface area contributed by atoms with Crippen LogP contribution in [0.2, 0.25) is 0 Å². The maximum Gasteiger partial charge on any atom is 0.0594 e. The molecular formula is C25H54BrP. The Labute approximate surface area is 185 Å². The van der Waals surface area contributed by atoms with Crippen molar-refractivity contribution in [3.8, 4) is 0 Å². The van der Waals surface area contributed by atoms with E-state index >= 15 is 0 Å². The molecule has 0 rings (SSSR count). The Hall–Kier alpha value is 0.910. The highest BCUT2D eigenvalue weighted by Gasteiger charge is 2.34. The third-order valence-corrected chi connectivity index (χ3v) is 11.3. The van der Waals surface area contributed by atoms with Gasteiger partial charge in [-0.15, -0.1) is 0 Å². The molecule has 0 radical (unpaired) electrons. The number of rotatable bonds is 21. The van der Waals surface area contributed by atoms with E-state index in [1.165, 1.54) is 89.9 Å². The lowest BCUT2D eigenvalue weighted by molar-refractivity contribution is -0.00000602. The van der Waals surface area contributed by atoms with Gasteiger partial charge in [0.1, 0.15) is 0 Å². The summed E-state index contributed by atoms with van der Waals surface area (Å²) in [6, 6.07) is 0. The fourth-order valence-corrected chi connectivity index (χ4v) is 9.33. The summed E-state index contributed by atoms with van der Waals surface area (Å²) in [6.45, 7) is 9.42. The monoisotopic (exact) mass is 464 g/mol. The standard InChI is InChI=1S/C25H54P.BrH/c1-5-9-13-16-19-23-26(22-12-8-4,24-20-17-14-10-6-2)25-21-18-15-11-7-3;/h5-25H2,1-4H3;1H/q+1;/p-1. The molecule has 0 unspecified atom stereocenters. The molecule has 0 aromatic heterocycles. The SMILES string of the molecule is CCCCCCC[P+](CCCC)(CCCCCCC)CCCCCCC.[Br-]. The fraction of sp³-hybridized carbons (Fsp3) is 1.00. The lowest BCUT2D eigenvalue weighted by Gasteiger charge is -2.28. The van der Waals surface area contributed by atoms with Gasteiger partial charge in [0.25, 0.3) is 0 Å².